The van der Waals surface area contributed by atoms with Crippen LogP contribution < -0.4 is 5.73 Å². The lowest BCUT2D eigenvalue weighted by atomic mass is 9.90. The first-order chi connectivity index (χ1) is 5.60. The highest BCUT2D eigenvalue weighted by molar-refractivity contribution is 5.65. The third-order valence-corrected chi connectivity index (χ3v) is 2.96. The molecule has 1 saturated carbocycles. The maximum atomic E-state index is 10.6. The molecule has 2 bridgehead atoms. The molecule has 0 saturated heterocycles. The summed E-state index contributed by atoms with van der Waals surface area (Å²) >= 11 is 0. The fraction of sp³-hybridized carbons (Fsp3) is 0.667. The minimum Gasteiger partial charge on any atom is -0.443 e. The van der Waals surface area contributed by atoms with Crippen LogP contribution in [-0.4, -0.2) is 11.7 Å². The standard InChI is InChI=1S/C9H13NO2/c1-9(12-8(10)11)5-6-2-3-7(9)4-6/h2-3,6-7H,4-5H2,1H3,(H2,10,11). The highest BCUT2D eigenvalue weighted by Gasteiger charge is 2.47. The zero-order valence-corrected chi connectivity index (χ0v) is 7.12. The molecule has 0 aromatic carbocycles. The SMILES string of the molecule is CC1(OC(N)=O)CC2C=CC1C2. The summed E-state index contributed by atoms with van der Waals surface area (Å²) in [5, 5.41) is 0. The molecule has 1 fully saturated rings. The molecule has 0 spiro atoms. The summed E-state index contributed by atoms with van der Waals surface area (Å²) in [5.74, 6) is 0.981. The van der Waals surface area contributed by atoms with Crippen molar-refractivity contribution in [3.05, 3.63) is 12.2 Å². The second-order valence-electron chi connectivity index (χ2n) is 3.93. The van der Waals surface area contributed by atoms with Gasteiger partial charge in [0.15, 0.2) is 0 Å². The summed E-state index contributed by atoms with van der Waals surface area (Å²) in [6.07, 6.45) is 5.73. The Morgan fingerprint density at radius 1 is 1.67 bits per heavy atom. The number of amides is 1. The minimum atomic E-state index is -0.654. The number of rotatable bonds is 1. The number of allylic oxidation sites excluding steroid dienone is 1. The summed E-state index contributed by atoms with van der Waals surface area (Å²) in [6, 6.07) is 0. The molecular weight excluding hydrogens is 154 g/mol. The fourth-order valence-electron chi connectivity index (χ4n) is 2.40. The second-order valence-corrected chi connectivity index (χ2v) is 3.93. The number of carbonyl (C=O) groups excluding carboxylic acids is 1. The Bertz CT molecular complexity index is 249. The monoisotopic (exact) mass is 167 g/mol. The van der Waals surface area contributed by atoms with Crippen molar-refractivity contribution in [3.8, 4) is 0 Å². The van der Waals surface area contributed by atoms with E-state index in [-0.39, 0.29) is 5.60 Å². The molecule has 2 rings (SSSR count). The molecule has 0 aliphatic heterocycles. The molecule has 12 heavy (non-hydrogen) atoms. The Kier molecular flexibility index (Phi) is 1.43. The van der Waals surface area contributed by atoms with Crippen molar-refractivity contribution >= 4 is 6.09 Å². The van der Waals surface area contributed by atoms with Crippen molar-refractivity contribution in [3.63, 3.8) is 0 Å². The largest absolute Gasteiger partial charge is 0.443 e. The smallest absolute Gasteiger partial charge is 0.405 e. The Hall–Kier alpha value is -0.990. The van der Waals surface area contributed by atoms with Gasteiger partial charge in [-0.3, -0.25) is 0 Å². The summed E-state index contributed by atoms with van der Waals surface area (Å²) in [7, 11) is 0. The van der Waals surface area contributed by atoms with E-state index in [0.29, 0.717) is 11.8 Å². The van der Waals surface area contributed by atoms with E-state index in [1.165, 1.54) is 0 Å². The summed E-state index contributed by atoms with van der Waals surface area (Å²) in [6.45, 7) is 1.96. The van der Waals surface area contributed by atoms with Crippen LogP contribution in [0.4, 0.5) is 4.79 Å². The third-order valence-electron chi connectivity index (χ3n) is 2.96. The summed E-state index contributed by atoms with van der Waals surface area (Å²) in [5.41, 5.74) is 4.68. The zero-order chi connectivity index (χ0) is 8.77. The fourth-order valence-corrected chi connectivity index (χ4v) is 2.40. The third kappa shape index (κ3) is 1.00. The van der Waals surface area contributed by atoms with E-state index >= 15 is 0 Å². The first-order valence-corrected chi connectivity index (χ1v) is 4.27. The molecule has 3 heteroatoms. The molecule has 2 aliphatic rings. The molecule has 1 amide bonds. The molecule has 3 unspecified atom stereocenters. The Morgan fingerprint density at radius 2 is 2.42 bits per heavy atom. The molecule has 0 aromatic heterocycles. The van der Waals surface area contributed by atoms with Gasteiger partial charge in [-0.15, -0.1) is 0 Å². The van der Waals surface area contributed by atoms with Crippen LogP contribution in [0.1, 0.15) is 19.8 Å². The van der Waals surface area contributed by atoms with E-state index in [0.717, 1.165) is 12.8 Å². The average Bonchev–Trinajstić information content (AvgIpc) is 2.42. The highest BCUT2D eigenvalue weighted by atomic mass is 16.6. The number of nitrogens with two attached hydrogens (primary N) is 1. The van der Waals surface area contributed by atoms with E-state index in [1.807, 2.05) is 6.92 Å². The van der Waals surface area contributed by atoms with Crippen molar-refractivity contribution in [2.45, 2.75) is 25.4 Å². The van der Waals surface area contributed by atoms with Gasteiger partial charge in [-0.05, 0) is 25.7 Å². The van der Waals surface area contributed by atoms with E-state index in [9.17, 15) is 4.79 Å². The molecular formula is C9H13NO2. The Balaban J connectivity index is 2.13. The first-order valence-electron chi connectivity index (χ1n) is 4.27. The van der Waals surface area contributed by atoms with Gasteiger partial charge in [-0.2, -0.15) is 0 Å². The molecule has 3 nitrogen and oxygen atoms in total. The van der Waals surface area contributed by atoms with Crippen molar-refractivity contribution in [1.82, 2.24) is 0 Å². The van der Waals surface area contributed by atoms with Crippen molar-refractivity contribution in [1.29, 1.82) is 0 Å². The molecule has 3 atom stereocenters. The maximum absolute atomic E-state index is 10.6. The summed E-state index contributed by atoms with van der Waals surface area (Å²) < 4.78 is 5.12. The Morgan fingerprint density at radius 3 is 2.83 bits per heavy atom. The number of carbonyl (C=O) groups is 1. The molecule has 0 aromatic rings. The quantitative estimate of drug-likeness (QED) is 0.601. The van der Waals surface area contributed by atoms with Crippen LogP contribution in [-0.2, 0) is 4.74 Å². The lowest BCUT2D eigenvalue weighted by Crippen LogP contribution is -2.37. The van der Waals surface area contributed by atoms with Gasteiger partial charge in [-0.1, -0.05) is 12.2 Å². The van der Waals surface area contributed by atoms with Gasteiger partial charge in [0.1, 0.15) is 5.60 Å². The normalized spacial score (nSPS) is 43.4. The molecule has 2 aliphatic carbocycles. The van der Waals surface area contributed by atoms with E-state index in [2.05, 4.69) is 12.2 Å². The lowest BCUT2D eigenvalue weighted by Gasteiger charge is -2.30. The minimum absolute atomic E-state index is 0.328. The number of hydrogen-bond acceptors (Lipinski definition) is 2. The Labute approximate surface area is 71.6 Å². The van der Waals surface area contributed by atoms with Crippen LogP contribution in [0, 0.1) is 11.8 Å². The van der Waals surface area contributed by atoms with Crippen molar-refractivity contribution < 1.29 is 9.53 Å². The van der Waals surface area contributed by atoms with Gasteiger partial charge in [0.05, 0.1) is 0 Å². The van der Waals surface area contributed by atoms with Crippen molar-refractivity contribution in [2.24, 2.45) is 17.6 Å². The van der Waals surface area contributed by atoms with Crippen LogP contribution >= 0.6 is 0 Å². The number of ether oxygens (including phenoxy) is 1. The molecule has 0 radical (unpaired) electrons. The number of primary amides is 1. The van der Waals surface area contributed by atoms with Crippen LogP contribution in [0.5, 0.6) is 0 Å². The predicted molar refractivity (Wildman–Crippen MR) is 44.4 cm³/mol. The molecule has 2 N–H and O–H groups in total. The number of fused-ring (bicyclic) bond motifs is 2. The van der Waals surface area contributed by atoms with E-state index < -0.39 is 6.09 Å². The van der Waals surface area contributed by atoms with Gasteiger partial charge in [0, 0.05) is 5.92 Å². The molecule has 0 heterocycles. The van der Waals surface area contributed by atoms with Gasteiger partial charge >= 0.3 is 6.09 Å². The number of hydrogen-bond donors (Lipinski definition) is 1. The second kappa shape index (κ2) is 2.25. The lowest BCUT2D eigenvalue weighted by molar-refractivity contribution is 0.0116. The zero-order valence-electron chi connectivity index (χ0n) is 7.12. The first kappa shape index (κ1) is 7.65. The van der Waals surface area contributed by atoms with E-state index in [4.69, 9.17) is 10.5 Å². The van der Waals surface area contributed by atoms with E-state index in [1.54, 1.807) is 0 Å². The summed E-state index contributed by atoms with van der Waals surface area (Å²) in [4.78, 5) is 10.6. The topological polar surface area (TPSA) is 52.3 Å². The average molecular weight is 167 g/mol. The van der Waals surface area contributed by atoms with Gasteiger partial charge in [0.25, 0.3) is 0 Å². The van der Waals surface area contributed by atoms with Crippen LogP contribution in [0.3, 0.4) is 0 Å². The van der Waals surface area contributed by atoms with Crippen LogP contribution in [0.25, 0.3) is 0 Å². The van der Waals surface area contributed by atoms with Gasteiger partial charge in [0.2, 0.25) is 0 Å². The maximum Gasteiger partial charge on any atom is 0.405 e. The predicted octanol–water partition coefficient (Wildman–Crippen LogP) is 1.44. The van der Waals surface area contributed by atoms with Gasteiger partial charge in [-0.25, -0.2) is 4.79 Å². The van der Waals surface area contributed by atoms with Gasteiger partial charge < -0.3 is 10.5 Å². The van der Waals surface area contributed by atoms with Crippen LogP contribution in [0.15, 0.2) is 12.2 Å². The van der Waals surface area contributed by atoms with Crippen LogP contribution in [0.2, 0.25) is 0 Å². The van der Waals surface area contributed by atoms with Crippen molar-refractivity contribution in [2.75, 3.05) is 0 Å². The molecule has 66 valence electrons. The highest BCUT2D eigenvalue weighted by Crippen LogP contribution is 2.47.